The number of likely N-dealkylation sites (tertiary alicyclic amines) is 1. The van der Waals surface area contributed by atoms with Crippen molar-refractivity contribution < 1.29 is 14.0 Å². The number of nitrogens with zero attached hydrogens (tertiary/aromatic N) is 2. The molecule has 1 fully saturated rings. The van der Waals surface area contributed by atoms with Crippen LogP contribution < -0.4 is 5.32 Å². The zero-order valence-corrected chi connectivity index (χ0v) is 12.6. The van der Waals surface area contributed by atoms with Crippen LogP contribution in [0.15, 0.2) is 48.7 Å². The zero-order valence-electron chi connectivity index (χ0n) is 12.6. The highest BCUT2D eigenvalue weighted by molar-refractivity contribution is 5.97. The molecule has 3 rings (SSSR count). The molecule has 1 aromatic heterocycles. The average Bonchev–Trinajstić information content (AvgIpc) is 2.84. The van der Waals surface area contributed by atoms with Gasteiger partial charge >= 0.3 is 0 Å². The van der Waals surface area contributed by atoms with Crippen LogP contribution in [0.3, 0.4) is 0 Å². The van der Waals surface area contributed by atoms with Crippen molar-refractivity contribution >= 4 is 17.6 Å². The van der Waals surface area contributed by atoms with E-state index in [-0.39, 0.29) is 24.1 Å². The van der Waals surface area contributed by atoms with Crippen LogP contribution in [0.4, 0.5) is 10.2 Å². The molecule has 0 saturated carbocycles. The Hall–Kier alpha value is -2.76. The van der Waals surface area contributed by atoms with Gasteiger partial charge in [0, 0.05) is 19.7 Å². The van der Waals surface area contributed by atoms with Gasteiger partial charge in [0.25, 0.3) is 0 Å². The molecule has 1 aromatic carbocycles. The first-order chi connectivity index (χ1) is 11.1. The van der Waals surface area contributed by atoms with E-state index in [0.717, 1.165) is 0 Å². The second-order valence-electron chi connectivity index (χ2n) is 5.52. The van der Waals surface area contributed by atoms with Crippen LogP contribution in [0, 0.1) is 11.7 Å². The van der Waals surface area contributed by atoms with Gasteiger partial charge in [-0.25, -0.2) is 9.37 Å². The predicted octanol–water partition coefficient (Wildman–Crippen LogP) is 2.38. The molecule has 0 aliphatic carbocycles. The number of anilines is 1. The summed E-state index contributed by atoms with van der Waals surface area (Å²) < 4.78 is 13.5. The van der Waals surface area contributed by atoms with Crippen molar-refractivity contribution in [1.29, 1.82) is 0 Å². The van der Waals surface area contributed by atoms with E-state index in [0.29, 0.717) is 11.4 Å². The van der Waals surface area contributed by atoms with Crippen molar-refractivity contribution in [1.82, 2.24) is 9.88 Å². The molecule has 118 valence electrons. The van der Waals surface area contributed by atoms with E-state index in [1.165, 1.54) is 17.0 Å². The molecule has 1 saturated heterocycles. The molecular weight excluding hydrogens is 297 g/mol. The van der Waals surface area contributed by atoms with Crippen molar-refractivity contribution in [2.24, 2.45) is 5.92 Å². The molecule has 2 amide bonds. The third kappa shape index (κ3) is 3.06. The summed E-state index contributed by atoms with van der Waals surface area (Å²) in [5, 5.41) is 2.72. The van der Waals surface area contributed by atoms with Crippen molar-refractivity contribution in [2.75, 3.05) is 12.4 Å². The SMILES string of the molecule is CN1C(=O)CC(C(=O)Nc2ccccn2)C1c1cccc(F)c1. The fourth-order valence-electron chi connectivity index (χ4n) is 2.91. The van der Waals surface area contributed by atoms with Crippen LogP contribution in [-0.2, 0) is 9.59 Å². The van der Waals surface area contributed by atoms with E-state index in [1.54, 1.807) is 43.6 Å². The molecule has 2 atom stereocenters. The first-order valence-corrected chi connectivity index (χ1v) is 7.29. The molecule has 2 heterocycles. The van der Waals surface area contributed by atoms with Gasteiger partial charge in [-0.05, 0) is 29.8 Å². The summed E-state index contributed by atoms with van der Waals surface area (Å²) in [6.45, 7) is 0. The lowest BCUT2D eigenvalue weighted by atomic mass is 9.93. The summed E-state index contributed by atoms with van der Waals surface area (Å²) >= 11 is 0. The Morgan fingerprint density at radius 1 is 1.30 bits per heavy atom. The van der Waals surface area contributed by atoms with Gasteiger partial charge in [0.15, 0.2) is 0 Å². The van der Waals surface area contributed by atoms with Gasteiger partial charge in [-0.2, -0.15) is 0 Å². The summed E-state index contributed by atoms with van der Waals surface area (Å²) in [5.41, 5.74) is 0.611. The number of hydrogen-bond acceptors (Lipinski definition) is 3. The maximum absolute atomic E-state index is 13.5. The van der Waals surface area contributed by atoms with Gasteiger partial charge in [0.1, 0.15) is 11.6 Å². The third-order valence-corrected chi connectivity index (χ3v) is 4.03. The molecule has 1 aliphatic rings. The fourth-order valence-corrected chi connectivity index (χ4v) is 2.91. The Kier molecular flexibility index (Phi) is 4.06. The van der Waals surface area contributed by atoms with Crippen molar-refractivity contribution in [3.05, 3.63) is 60.0 Å². The molecule has 0 spiro atoms. The summed E-state index contributed by atoms with van der Waals surface area (Å²) in [6.07, 6.45) is 1.67. The lowest BCUT2D eigenvalue weighted by molar-refractivity contribution is -0.128. The quantitative estimate of drug-likeness (QED) is 0.946. The summed E-state index contributed by atoms with van der Waals surface area (Å²) in [5.74, 6) is -0.982. The molecule has 1 aliphatic heterocycles. The number of benzene rings is 1. The van der Waals surface area contributed by atoms with Gasteiger partial charge in [-0.3, -0.25) is 9.59 Å². The number of nitrogens with one attached hydrogen (secondary N) is 1. The van der Waals surface area contributed by atoms with Gasteiger partial charge in [-0.15, -0.1) is 0 Å². The van der Waals surface area contributed by atoms with Gasteiger partial charge in [-0.1, -0.05) is 18.2 Å². The summed E-state index contributed by atoms with van der Waals surface area (Å²) in [4.78, 5) is 30.1. The molecular formula is C17H16FN3O2. The van der Waals surface area contributed by atoms with Crippen molar-refractivity contribution in [3.63, 3.8) is 0 Å². The number of amides is 2. The molecule has 0 radical (unpaired) electrons. The minimum absolute atomic E-state index is 0.0936. The Morgan fingerprint density at radius 3 is 2.83 bits per heavy atom. The van der Waals surface area contributed by atoms with Crippen LogP contribution in [0.25, 0.3) is 0 Å². The normalized spacial score (nSPS) is 20.6. The fraction of sp³-hybridized carbons (Fsp3) is 0.235. The number of halogens is 1. The molecule has 23 heavy (non-hydrogen) atoms. The first kappa shape index (κ1) is 15.1. The van der Waals surface area contributed by atoms with Gasteiger partial charge in [0.05, 0.1) is 12.0 Å². The predicted molar refractivity (Wildman–Crippen MR) is 82.9 cm³/mol. The van der Waals surface area contributed by atoms with Crippen LogP contribution in [0.2, 0.25) is 0 Å². The summed E-state index contributed by atoms with van der Waals surface area (Å²) in [6, 6.07) is 10.7. The standard InChI is InChI=1S/C17H16FN3O2/c1-21-15(22)10-13(16(21)11-5-4-6-12(18)9-11)17(23)20-14-7-2-3-8-19-14/h2-9,13,16H,10H2,1H3,(H,19,20,23). The van der Waals surface area contributed by atoms with E-state index in [9.17, 15) is 14.0 Å². The Morgan fingerprint density at radius 2 is 2.13 bits per heavy atom. The number of hydrogen-bond donors (Lipinski definition) is 1. The van der Waals surface area contributed by atoms with Crippen molar-refractivity contribution in [3.8, 4) is 0 Å². The van der Waals surface area contributed by atoms with Gasteiger partial charge in [0.2, 0.25) is 11.8 Å². The lowest BCUT2D eigenvalue weighted by Gasteiger charge is -2.24. The summed E-state index contributed by atoms with van der Waals surface area (Å²) in [7, 11) is 1.63. The Bertz CT molecular complexity index is 736. The Balaban J connectivity index is 1.87. The second-order valence-corrected chi connectivity index (χ2v) is 5.52. The molecule has 5 nitrogen and oxygen atoms in total. The third-order valence-electron chi connectivity index (χ3n) is 4.03. The minimum Gasteiger partial charge on any atom is -0.338 e. The number of carbonyl (C=O) groups excluding carboxylic acids is 2. The average molecular weight is 313 g/mol. The van der Waals surface area contributed by atoms with Crippen LogP contribution in [0.5, 0.6) is 0 Å². The highest BCUT2D eigenvalue weighted by Gasteiger charge is 2.42. The van der Waals surface area contributed by atoms with Crippen LogP contribution in [-0.4, -0.2) is 28.7 Å². The maximum atomic E-state index is 13.5. The molecule has 6 heteroatoms. The van der Waals surface area contributed by atoms with E-state index in [1.807, 2.05) is 0 Å². The van der Waals surface area contributed by atoms with E-state index in [2.05, 4.69) is 10.3 Å². The van der Waals surface area contributed by atoms with E-state index < -0.39 is 12.0 Å². The molecule has 0 bridgehead atoms. The largest absolute Gasteiger partial charge is 0.338 e. The highest BCUT2D eigenvalue weighted by atomic mass is 19.1. The van der Waals surface area contributed by atoms with Crippen LogP contribution >= 0.6 is 0 Å². The molecule has 2 unspecified atom stereocenters. The topological polar surface area (TPSA) is 62.3 Å². The number of aromatic nitrogens is 1. The molecule has 2 aromatic rings. The number of rotatable bonds is 3. The monoisotopic (exact) mass is 313 g/mol. The lowest BCUT2D eigenvalue weighted by Crippen LogP contribution is -2.30. The molecule has 1 N–H and O–H groups in total. The Labute approximate surface area is 133 Å². The smallest absolute Gasteiger partial charge is 0.231 e. The van der Waals surface area contributed by atoms with Crippen molar-refractivity contribution in [2.45, 2.75) is 12.5 Å². The van der Waals surface area contributed by atoms with E-state index >= 15 is 0 Å². The zero-order chi connectivity index (χ0) is 16.4. The maximum Gasteiger partial charge on any atom is 0.231 e. The number of carbonyl (C=O) groups is 2. The first-order valence-electron chi connectivity index (χ1n) is 7.29. The van der Waals surface area contributed by atoms with E-state index in [4.69, 9.17) is 0 Å². The van der Waals surface area contributed by atoms with Gasteiger partial charge < -0.3 is 10.2 Å². The second kappa shape index (κ2) is 6.16. The highest BCUT2D eigenvalue weighted by Crippen LogP contribution is 2.37. The number of pyridine rings is 1. The van der Waals surface area contributed by atoms with Crippen LogP contribution in [0.1, 0.15) is 18.0 Å². The minimum atomic E-state index is -0.587.